The molecule has 0 amide bonds. The third kappa shape index (κ3) is 3.35. The van der Waals surface area contributed by atoms with Crippen LogP contribution in [-0.2, 0) is 10.1 Å². The lowest BCUT2D eigenvalue weighted by molar-refractivity contribution is -0.0500. The van der Waals surface area contributed by atoms with Crippen LogP contribution < -0.4 is 4.18 Å². The standard InChI is InChI=1S/C9H5ClF4O4S/c1-4(15)5-2-6(10)7(11)3-8(5)18-19(16,17)9(12,13)14/h2-3H,1H3. The van der Waals surface area contributed by atoms with Crippen LogP contribution >= 0.6 is 11.6 Å². The van der Waals surface area contributed by atoms with Gasteiger partial charge in [-0.05, 0) is 13.0 Å². The Balaban J connectivity index is 3.37. The summed E-state index contributed by atoms with van der Waals surface area (Å²) < 4.78 is 74.7. The number of carbonyl (C=O) groups excluding carboxylic acids is 1. The quantitative estimate of drug-likeness (QED) is 0.372. The molecule has 0 N–H and O–H groups in total. The van der Waals surface area contributed by atoms with Crippen LogP contribution in [0.5, 0.6) is 5.75 Å². The third-order valence-corrected chi connectivity index (χ3v) is 3.14. The molecule has 0 bridgehead atoms. The van der Waals surface area contributed by atoms with E-state index in [2.05, 4.69) is 4.18 Å². The number of ketones is 1. The van der Waals surface area contributed by atoms with Crippen LogP contribution in [-0.4, -0.2) is 19.7 Å². The van der Waals surface area contributed by atoms with Crippen molar-refractivity contribution in [3.8, 4) is 5.75 Å². The van der Waals surface area contributed by atoms with Crippen LogP contribution in [0.4, 0.5) is 17.6 Å². The van der Waals surface area contributed by atoms with E-state index in [0.29, 0.717) is 12.1 Å². The number of hydrogen-bond acceptors (Lipinski definition) is 4. The average molecular weight is 321 g/mol. The minimum absolute atomic E-state index is 0.294. The zero-order valence-electron chi connectivity index (χ0n) is 9.09. The van der Waals surface area contributed by atoms with Crippen LogP contribution in [0.15, 0.2) is 12.1 Å². The maximum atomic E-state index is 13.1. The van der Waals surface area contributed by atoms with Crippen molar-refractivity contribution in [1.82, 2.24) is 0 Å². The van der Waals surface area contributed by atoms with E-state index < -0.39 is 43.6 Å². The first kappa shape index (κ1) is 15.7. The van der Waals surface area contributed by atoms with Crippen LogP contribution in [0.2, 0.25) is 5.02 Å². The zero-order chi connectivity index (χ0) is 15.0. The van der Waals surface area contributed by atoms with Crippen LogP contribution in [0, 0.1) is 5.82 Å². The maximum absolute atomic E-state index is 13.1. The Hall–Kier alpha value is -1.35. The van der Waals surface area contributed by atoms with Gasteiger partial charge in [-0.3, -0.25) is 4.79 Å². The van der Waals surface area contributed by atoms with Crippen molar-refractivity contribution in [2.24, 2.45) is 0 Å². The first-order valence-corrected chi connectivity index (χ1v) is 6.25. The van der Waals surface area contributed by atoms with Crippen molar-refractivity contribution in [2.75, 3.05) is 0 Å². The van der Waals surface area contributed by atoms with Gasteiger partial charge in [-0.2, -0.15) is 21.6 Å². The van der Waals surface area contributed by atoms with Crippen molar-refractivity contribution in [3.05, 3.63) is 28.5 Å². The molecule has 1 rings (SSSR count). The largest absolute Gasteiger partial charge is 0.534 e. The molecule has 0 radical (unpaired) electrons. The second-order valence-corrected chi connectivity index (χ2v) is 5.25. The average Bonchev–Trinajstić information content (AvgIpc) is 2.20. The second kappa shape index (κ2) is 4.97. The molecule has 0 saturated carbocycles. The Bertz CT molecular complexity index is 624. The molecule has 1 aromatic rings. The summed E-state index contributed by atoms with van der Waals surface area (Å²) in [6.45, 7) is 0.927. The molecular weight excluding hydrogens is 316 g/mol. The van der Waals surface area contributed by atoms with Gasteiger partial charge in [0.2, 0.25) is 0 Å². The molecule has 0 fully saturated rings. The molecule has 19 heavy (non-hydrogen) atoms. The summed E-state index contributed by atoms with van der Waals surface area (Å²) >= 11 is 5.34. The number of halogens is 5. The smallest absolute Gasteiger partial charge is 0.375 e. The van der Waals surface area contributed by atoms with E-state index in [1.807, 2.05) is 0 Å². The first-order chi connectivity index (χ1) is 8.45. The molecule has 0 aliphatic rings. The molecule has 0 unspecified atom stereocenters. The van der Waals surface area contributed by atoms with Crippen LogP contribution in [0.3, 0.4) is 0 Å². The Morgan fingerprint density at radius 1 is 1.32 bits per heavy atom. The van der Waals surface area contributed by atoms with Gasteiger partial charge >= 0.3 is 15.6 Å². The molecule has 10 heteroatoms. The molecule has 0 saturated heterocycles. The molecule has 1 aromatic carbocycles. The topological polar surface area (TPSA) is 60.4 Å². The molecule has 0 aliphatic heterocycles. The van der Waals surface area contributed by atoms with Gasteiger partial charge in [0.15, 0.2) is 11.5 Å². The van der Waals surface area contributed by atoms with Gasteiger partial charge in [0.05, 0.1) is 10.6 Å². The number of hydrogen-bond donors (Lipinski definition) is 0. The summed E-state index contributed by atoms with van der Waals surface area (Å²) in [5, 5.41) is -0.554. The monoisotopic (exact) mass is 320 g/mol. The normalized spacial score (nSPS) is 12.3. The summed E-state index contributed by atoms with van der Waals surface area (Å²) in [6.07, 6.45) is 0. The third-order valence-electron chi connectivity index (χ3n) is 1.88. The van der Waals surface area contributed by atoms with Crippen molar-refractivity contribution in [2.45, 2.75) is 12.4 Å². The van der Waals surface area contributed by atoms with Crippen molar-refractivity contribution >= 4 is 27.5 Å². The van der Waals surface area contributed by atoms with Gasteiger partial charge in [0.1, 0.15) is 5.82 Å². The molecule has 4 nitrogen and oxygen atoms in total. The highest BCUT2D eigenvalue weighted by Crippen LogP contribution is 2.32. The van der Waals surface area contributed by atoms with E-state index in [-0.39, 0.29) is 0 Å². The van der Waals surface area contributed by atoms with Crippen LogP contribution in [0.25, 0.3) is 0 Å². The number of benzene rings is 1. The Kier molecular flexibility index (Phi) is 4.11. The van der Waals surface area contributed by atoms with E-state index in [1.165, 1.54) is 0 Å². The van der Waals surface area contributed by atoms with E-state index in [4.69, 9.17) is 11.6 Å². The van der Waals surface area contributed by atoms with E-state index >= 15 is 0 Å². The highest BCUT2D eigenvalue weighted by atomic mass is 35.5. The molecule has 0 heterocycles. The highest BCUT2D eigenvalue weighted by Gasteiger charge is 2.49. The fourth-order valence-electron chi connectivity index (χ4n) is 1.04. The van der Waals surface area contributed by atoms with Gasteiger partial charge in [0, 0.05) is 6.07 Å². The lowest BCUT2D eigenvalue weighted by atomic mass is 10.1. The van der Waals surface area contributed by atoms with E-state index in [0.717, 1.165) is 6.92 Å². The predicted molar refractivity (Wildman–Crippen MR) is 57.0 cm³/mol. The van der Waals surface area contributed by atoms with Gasteiger partial charge in [0.25, 0.3) is 0 Å². The van der Waals surface area contributed by atoms with Crippen molar-refractivity contribution in [1.29, 1.82) is 0 Å². The minimum Gasteiger partial charge on any atom is -0.375 e. The van der Waals surface area contributed by atoms with Gasteiger partial charge < -0.3 is 4.18 Å². The van der Waals surface area contributed by atoms with E-state index in [1.54, 1.807) is 0 Å². The highest BCUT2D eigenvalue weighted by molar-refractivity contribution is 7.88. The van der Waals surface area contributed by atoms with Crippen molar-refractivity contribution in [3.63, 3.8) is 0 Å². The summed E-state index contributed by atoms with van der Waals surface area (Å²) in [7, 11) is -6.00. The lowest BCUT2D eigenvalue weighted by Crippen LogP contribution is -2.28. The number of alkyl halides is 3. The maximum Gasteiger partial charge on any atom is 0.534 e. The van der Waals surface area contributed by atoms with Crippen LogP contribution in [0.1, 0.15) is 17.3 Å². The number of Topliss-reactive ketones (excluding diaryl/α,β-unsaturated/α-hetero) is 1. The first-order valence-electron chi connectivity index (χ1n) is 4.46. The molecule has 0 aromatic heterocycles. The predicted octanol–water partition coefficient (Wildman–Crippen LogP) is 2.91. The Labute approximate surface area is 110 Å². The second-order valence-electron chi connectivity index (χ2n) is 3.30. The Morgan fingerprint density at radius 2 is 1.84 bits per heavy atom. The fourth-order valence-corrected chi connectivity index (χ4v) is 1.67. The number of rotatable bonds is 3. The lowest BCUT2D eigenvalue weighted by Gasteiger charge is -2.12. The molecule has 106 valence electrons. The molecule has 0 aliphatic carbocycles. The van der Waals surface area contributed by atoms with Crippen molar-refractivity contribution < 1.29 is 35.0 Å². The summed E-state index contributed by atoms with van der Waals surface area (Å²) in [4.78, 5) is 11.1. The zero-order valence-corrected chi connectivity index (χ0v) is 10.7. The molecular formula is C9H5ClF4O4S. The van der Waals surface area contributed by atoms with Gasteiger partial charge in [-0.1, -0.05) is 11.6 Å². The molecule has 0 spiro atoms. The van der Waals surface area contributed by atoms with Gasteiger partial charge in [-0.25, -0.2) is 4.39 Å². The Morgan fingerprint density at radius 3 is 2.26 bits per heavy atom. The van der Waals surface area contributed by atoms with Gasteiger partial charge in [-0.15, -0.1) is 0 Å². The molecule has 0 atom stereocenters. The SMILES string of the molecule is CC(=O)c1cc(Cl)c(F)cc1OS(=O)(=O)C(F)(F)F. The fraction of sp³-hybridized carbons (Fsp3) is 0.222. The summed E-state index contributed by atoms with van der Waals surface area (Å²) in [5.74, 6) is -3.14. The summed E-state index contributed by atoms with van der Waals surface area (Å²) in [5.41, 5.74) is -6.28. The van der Waals surface area contributed by atoms with E-state index in [9.17, 15) is 30.8 Å². The minimum atomic E-state index is -6.00. The summed E-state index contributed by atoms with van der Waals surface area (Å²) in [6, 6.07) is 0.975. The number of carbonyl (C=O) groups is 1.